The number of amides is 1. The maximum atomic E-state index is 12.4. The van der Waals surface area contributed by atoms with E-state index in [1.165, 1.54) is 0 Å². The summed E-state index contributed by atoms with van der Waals surface area (Å²) in [6.45, 7) is 3.72. The van der Waals surface area contributed by atoms with Crippen LogP contribution in [0.2, 0.25) is 0 Å². The zero-order valence-electron chi connectivity index (χ0n) is 13.9. The molecular weight excluding hydrogens is 328 g/mol. The number of carbonyl (C=O) groups excluding carboxylic acids is 1. The lowest BCUT2D eigenvalue weighted by Crippen LogP contribution is -2.49. The second-order valence-electron chi connectivity index (χ2n) is 6.54. The lowest BCUT2D eigenvalue weighted by molar-refractivity contribution is -0.142. The minimum Gasteiger partial charge on any atom is -0.368 e. The number of nitrogens with one attached hydrogen (secondary N) is 1. The molecule has 2 fully saturated rings. The fourth-order valence-electron chi connectivity index (χ4n) is 3.20. The largest absolute Gasteiger partial charge is 0.368 e. The quantitative estimate of drug-likeness (QED) is 0.890. The number of benzene rings is 1. The van der Waals surface area contributed by atoms with Crippen molar-refractivity contribution in [3.63, 3.8) is 0 Å². The maximum absolute atomic E-state index is 12.4. The Morgan fingerprint density at radius 3 is 2.42 bits per heavy atom. The second kappa shape index (κ2) is 7.21. The molecule has 6 nitrogen and oxygen atoms in total. The van der Waals surface area contributed by atoms with E-state index in [-0.39, 0.29) is 22.9 Å². The summed E-state index contributed by atoms with van der Waals surface area (Å²) in [5, 5.41) is 0. The number of sulfonamides is 1. The molecule has 1 aromatic rings. The first-order valence-corrected chi connectivity index (χ1v) is 9.93. The molecule has 2 saturated heterocycles. The van der Waals surface area contributed by atoms with Gasteiger partial charge in [0, 0.05) is 25.7 Å². The topological polar surface area (TPSA) is 75.7 Å². The number of nitrogens with zero attached hydrogens (tertiary/aromatic N) is 1. The molecular formula is C17H24N2O4S. The number of aryl methyl sites for hydroxylation is 1. The molecule has 2 aliphatic heterocycles. The molecule has 2 heterocycles. The third-order valence-corrected chi connectivity index (χ3v) is 6.20. The minimum absolute atomic E-state index is 0.0485. The highest BCUT2D eigenvalue weighted by Crippen LogP contribution is 2.19. The number of rotatable bonds is 4. The molecule has 1 amide bonds. The molecule has 0 radical (unpaired) electrons. The van der Waals surface area contributed by atoms with Gasteiger partial charge in [-0.25, -0.2) is 13.1 Å². The summed E-state index contributed by atoms with van der Waals surface area (Å²) in [6.07, 6.45) is 2.68. The van der Waals surface area contributed by atoms with Crippen molar-refractivity contribution in [1.29, 1.82) is 0 Å². The summed E-state index contributed by atoms with van der Waals surface area (Å²) in [5.74, 6) is 0.0485. The summed E-state index contributed by atoms with van der Waals surface area (Å²) in [4.78, 5) is 14.4. The molecule has 132 valence electrons. The molecule has 0 aromatic heterocycles. The van der Waals surface area contributed by atoms with Crippen molar-refractivity contribution in [1.82, 2.24) is 9.62 Å². The van der Waals surface area contributed by atoms with Crippen LogP contribution < -0.4 is 4.72 Å². The van der Waals surface area contributed by atoms with Gasteiger partial charge in [-0.3, -0.25) is 4.79 Å². The van der Waals surface area contributed by atoms with Crippen LogP contribution in [0.25, 0.3) is 0 Å². The Morgan fingerprint density at radius 1 is 1.17 bits per heavy atom. The molecule has 1 N–H and O–H groups in total. The Bertz CT molecular complexity index is 673. The Morgan fingerprint density at radius 2 is 1.83 bits per heavy atom. The zero-order valence-corrected chi connectivity index (χ0v) is 14.7. The Hall–Kier alpha value is -1.44. The highest BCUT2D eigenvalue weighted by Gasteiger charge is 2.32. The van der Waals surface area contributed by atoms with Gasteiger partial charge in [0.15, 0.2) is 0 Å². The van der Waals surface area contributed by atoms with Crippen molar-refractivity contribution >= 4 is 15.9 Å². The summed E-state index contributed by atoms with van der Waals surface area (Å²) >= 11 is 0. The van der Waals surface area contributed by atoms with Gasteiger partial charge >= 0.3 is 0 Å². The van der Waals surface area contributed by atoms with E-state index in [1.54, 1.807) is 29.2 Å². The fourth-order valence-corrected chi connectivity index (χ4v) is 4.50. The van der Waals surface area contributed by atoms with E-state index in [0.29, 0.717) is 32.5 Å². The van der Waals surface area contributed by atoms with Crippen molar-refractivity contribution in [2.24, 2.45) is 0 Å². The monoisotopic (exact) mass is 352 g/mol. The fraction of sp³-hybridized carbons (Fsp3) is 0.588. The summed E-state index contributed by atoms with van der Waals surface area (Å²) in [5.41, 5.74) is 1.02. The molecule has 7 heteroatoms. The maximum Gasteiger partial charge on any atom is 0.251 e. The molecule has 0 saturated carbocycles. The third-order valence-electron chi connectivity index (χ3n) is 4.66. The standard InChI is InChI=1S/C17H24N2O4S/c1-13-4-6-15(7-5-13)24(21,22)18-14-8-10-19(11-9-14)17(20)16-3-2-12-23-16/h4-7,14,16,18H,2-3,8-12H2,1H3/t16-/m1/s1. The third kappa shape index (κ3) is 3.96. The lowest BCUT2D eigenvalue weighted by Gasteiger charge is -2.33. The molecule has 0 spiro atoms. The van der Waals surface area contributed by atoms with Gasteiger partial charge in [0.05, 0.1) is 4.90 Å². The summed E-state index contributed by atoms with van der Waals surface area (Å²) in [6, 6.07) is 6.68. The normalized spacial score (nSPS) is 22.7. The highest BCUT2D eigenvalue weighted by atomic mass is 32.2. The molecule has 1 aromatic carbocycles. The van der Waals surface area contributed by atoms with E-state index < -0.39 is 10.0 Å². The zero-order chi connectivity index (χ0) is 17.2. The average molecular weight is 352 g/mol. The number of hydrogen-bond donors (Lipinski definition) is 1. The van der Waals surface area contributed by atoms with Gasteiger partial charge in [0.2, 0.25) is 10.0 Å². The van der Waals surface area contributed by atoms with Crippen molar-refractivity contribution in [2.75, 3.05) is 19.7 Å². The number of piperidine rings is 1. The van der Waals surface area contributed by atoms with Crippen molar-refractivity contribution < 1.29 is 17.9 Å². The van der Waals surface area contributed by atoms with Gasteiger partial charge in [-0.2, -0.15) is 0 Å². The molecule has 0 unspecified atom stereocenters. The predicted octanol–water partition coefficient (Wildman–Crippen LogP) is 1.44. The number of hydrogen-bond acceptors (Lipinski definition) is 4. The van der Waals surface area contributed by atoms with Crippen molar-refractivity contribution in [2.45, 2.75) is 49.6 Å². The Labute approximate surface area is 143 Å². The van der Waals surface area contributed by atoms with Crippen LogP contribution >= 0.6 is 0 Å². The van der Waals surface area contributed by atoms with Crippen LogP contribution in [0, 0.1) is 6.92 Å². The predicted molar refractivity (Wildman–Crippen MR) is 90.1 cm³/mol. The first-order chi connectivity index (χ1) is 11.5. The molecule has 0 aliphatic carbocycles. The minimum atomic E-state index is -3.51. The number of ether oxygens (including phenoxy) is 1. The van der Waals surface area contributed by atoms with E-state index in [2.05, 4.69) is 4.72 Å². The average Bonchev–Trinajstić information content (AvgIpc) is 3.09. The smallest absolute Gasteiger partial charge is 0.251 e. The Kier molecular flexibility index (Phi) is 5.22. The molecule has 3 rings (SSSR count). The SMILES string of the molecule is Cc1ccc(S(=O)(=O)NC2CCN(C(=O)[C@H]3CCCO3)CC2)cc1. The summed E-state index contributed by atoms with van der Waals surface area (Å²) in [7, 11) is -3.51. The van der Waals surface area contributed by atoms with Gasteiger partial charge in [-0.15, -0.1) is 0 Å². The van der Waals surface area contributed by atoms with E-state index in [0.717, 1.165) is 18.4 Å². The van der Waals surface area contributed by atoms with E-state index in [4.69, 9.17) is 4.74 Å². The van der Waals surface area contributed by atoms with Gasteiger partial charge in [-0.1, -0.05) is 17.7 Å². The van der Waals surface area contributed by atoms with Crippen LogP contribution in [0.1, 0.15) is 31.2 Å². The van der Waals surface area contributed by atoms with Crippen molar-refractivity contribution in [3.8, 4) is 0 Å². The van der Waals surface area contributed by atoms with Gasteiger partial charge < -0.3 is 9.64 Å². The number of carbonyl (C=O) groups is 1. The van der Waals surface area contributed by atoms with Crippen molar-refractivity contribution in [3.05, 3.63) is 29.8 Å². The van der Waals surface area contributed by atoms with Crippen LogP contribution in [-0.4, -0.2) is 51.1 Å². The van der Waals surface area contributed by atoms with Crippen LogP contribution in [0.3, 0.4) is 0 Å². The van der Waals surface area contributed by atoms with Crippen LogP contribution in [0.4, 0.5) is 0 Å². The van der Waals surface area contributed by atoms with Crippen LogP contribution in [0.15, 0.2) is 29.2 Å². The van der Waals surface area contributed by atoms with E-state index >= 15 is 0 Å². The number of likely N-dealkylation sites (tertiary alicyclic amines) is 1. The van der Waals surface area contributed by atoms with Crippen LogP contribution in [-0.2, 0) is 19.6 Å². The molecule has 2 aliphatic rings. The summed E-state index contributed by atoms with van der Waals surface area (Å²) < 4.78 is 33.1. The molecule has 1 atom stereocenters. The van der Waals surface area contributed by atoms with E-state index in [1.807, 2.05) is 6.92 Å². The highest BCUT2D eigenvalue weighted by molar-refractivity contribution is 7.89. The first kappa shape index (κ1) is 17.4. The van der Waals surface area contributed by atoms with Gasteiger partial charge in [-0.05, 0) is 44.7 Å². The molecule has 0 bridgehead atoms. The molecule has 24 heavy (non-hydrogen) atoms. The van der Waals surface area contributed by atoms with Gasteiger partial charge in [0.1, 0.15) is 6.10 Å². The first-order valence-electron chi connectivity index (χ1n) is 8.45. The van der Waals surface area contributed by atoms with Crippen LogP contribution in [0.5, 0.6) is 0 Å². The Balaban J connectivity index is 1.55. The van der Waals surface area contributed by atoms with E-state index in [9.17, 15) is 13.2 Å². The second-order valence-corrected chi connectivity index (χ2v) is 8.25. The van der Waals surface area contributed by atoms with Gasteiger partial charge in [0.25, 0.3) is 5.91 Å². The lowest BCUT2D eigenvalue weighted by atomic mass is 10.1.